The van der Waals surface area contributed by atoms with Gasteiger partial charge in [0, 0.05) is 17.3 Å². The van der Waals surface area contributed by atoms with Gasteiger partial charge in [-0.2, -0.15) is 0 Å². The van der Waals surface area contributed by atoms with E-state index in [-0.39, 0.29) is 11.6 Å². The number of anilines is 3. The number of nitrogens with two attached hydrogens (primary N) is 1. The molecular weight excluding hydrogens is 432 g/mol. The number of nitrogens with one attached hydrogen (secondary N) is 1. The third kappa shape index (κ3) is 5.20. The maximum Gasteiger partial charge on any atom is 0.206 e. The van der Waals surface area contributed by atoms with Gasteiger partial charge in [-0.05, 0) is 87.5 Å². The summed E-state index contributed by atoms with van der Waals surface area (Å²) in [4.78, 5) is 20.4. The van der Waals surface area contributed by atoms with Gasteiger partial charge in [0.05, 0.1) is 0 Å². The van der Waals surface area contributed by atoms with Gasteiger partial charge in [-0.1, -0.05) is 29.5 Å². The third-order valence-electron chi connectivity index (χ3n) is 6.42. The Labute approximate surface area is 198 Å². The van der Waals surface area contributed by atoms with Crippen LogP contribution in [-0.4, -0.2) is 41.4 Å². The van der Waals surface area contributed by atoms with E-state index in [0.717, 1.165) is 11.4 Å². The van der Waals surface area contributed by atoms with Gasteiger partial charge in [0.25, 0.3) is 0 Å². The first-order valence-corrected chi connectivity index (χ1v) is 12.5. The summed E-state index contributed by atoms with van der Waals surface area (Å²) in [5.74, 6) is 1.64. The summed E-state index contributed by atoms with van der Waals surface area (Å²) in [5, 5.41) is 3.86. The van der Waals surface area contributed by atoms with Crippen LogP contribution >= 0.6 is 11.3 Å². The van der Waals surface area contributed by atoms with Gasteiger partial charge in [-0.3, -0.25) is 9.69 Å². The van der Waals surface area contributed by atoms with Gasteiger partial charge in [0.15, 0.2) is 5.13 Å². The molecule has 3 N–H and O–H groups in total. The average Bonchev–Trinajstić information content (AvgIpc) is 3.41. The largest absolute Gasteiger partial charge is 0.492 e. The summed E-state index contributed by atoms with van der Waals surface area (Å²) in [7, 11) is 0. The monoisotopic (exact) mass is 462 g/mol. The zero-order chi connectivity index (χ0) is 22.8. The third-order valence-corrected chi connectivity index (χ3v) is 7.40. The van der Waals surface area contributed by atoms with Crippen LogP contribution in [0.1, 0.15) is 59.3 Å². The van der Waals surface area contributed by atoms with Crippen LogP contribution in [0.15, 0.2) is 48.5 Å². The van der Waals surface area contributed by atoms with E-state index in [2.05, 4.69) is 28.2 Å². The SMILES string of the molecule is CC(COc1ccc(Nc2nc(N)c(C(=O)c3cccc(C4CC4)c3)s2)cc1)N1CCCC1. The number of hydrogen-bond donors (Lipinski definition) is 2. The van der Waals surface area contributed by atoms with Gasteiger partial charge in [0.1, 0.15) is 23.1 Å². The minimum absolute atomic E-state index is 0.0728. The van der Waals surface area contributed by atoms with Crippen molar-refractivity contribution < 1.29 is 9.53 Å². The molecule has 2 fully saturated rings. The van der Waals surface area contributed by atoms with E-state index in [4.69, 9.17) is 10.5 Å². The van der Waals surface area contributed by atoms with Crippen LogP contribution in [0.4, 0.5) is 16.6 Å². The number of ketones is 1. The Kier molecular flexibility index (Phi) is 6.33. The van der Waals surface area contributed by atoms with Crippen LogP contribution < -0.4 is 15.8 Å². The lowest BCUT2D eigenvalue weighted by Gasteiger charge is -2.23. The maximum absolute atomic E-state index is 13.0. The number of thiazole rings is 1. The number of ether oxygens (including phenoxy) is 1. The Balaban J connectivity index is 1.20. The Bertz CT molecular complexity index is 1120. The molecule has 3 aromatic rings. The number of nitrogen functional groups attached to an aromatic ring is 1. The average molecular weight is 463 g/mol. The summed E-state index contributed by atoms with van der Waals surface area (Å²) in [5.41, 5.74) is 8.88. The molecule has 1 aliphatic carbocycles. The predicted molar refractivity (Wildman–Crippen MR) is 134 cm³/mol. The van der Waals surface area contributed by atoms with Crippen LogP contribution in [0.25, 0.3) is 0 Å². The maximum atomic E-state index is 13.0. The number of benzene rings is 2. The zero-order valence-corrected chi connectivity index (χ0v) is 19.7. The van der Waals surface area contributed by atoms with E-state index in [1.165, 1.54) is 55.7 Å². The van der Waals surface area contributed by atoms with Gasteiger partial charge < -0.3 is 15.8 Å². The molecule has 1 saturated carbocycles. The lowest BCUT2D eigenvalue weighted by molar-refractivity contribution is 0.104. The van der Waals surface area contributed by atoms with Gasteiger partial charge in [0.2, 0.25) is 5.78 Å². The second-order valence-electron chi connectivity index (χ2n) is 9.01. The molecule has 33 heavy (non-hydrogen) atoms. The number of likely N-dealkylation sites (tertiary alicyclic amines) is 1. The van der Waals surface area contributed by atoms with Crippen molar-refractivity contribution in [1.82, 2.24) is 9.88 Å². The molecule has 0 bridgehead atoms. The minimum atomic E-state index is -0.0728. The van der Waals surface area contributed by atoms with Crippen molar-refractivity contribution in [2.75, 3.05) is 30.7 Å². The summed E-state index contributed by atoms with van der Waals surface area (Å²) < 4.78 is 5.97. The Morgan fingerprint density at radius 1 is 1.21 bits per heavy atom. The molecule has 7 heteroatoms. The van der Waals surface area contributed by atoms with E-state index in [1.807, 2.05) is 42.5 Å². The summed E-state index contributed by atoms with van der Waals surface area (Å²) in [6.07, 6.45) is 4.98. The van der Waals surface area contributed by atoms with Crippen molar-refractivity contribution in [3.8, 4) is 5.75 Å². The molecule has 1 aromatic heterocycles. The quantitative estimate of drug-likeness (QED) is 0.412. The van der Waals surface area contributed by atoms with Gasteiger partial charge >= 0.3 is 0 Å². The van der Waals surface area contributed by atoms with Gasteiger partial charge in [-0.25, -0.2) is 4.98 Å². The normalized spacial score (nSPS) is 17.1. The van der Waals surface area contributed by atoms with Crippen LogP contribution in [0.2, 0.25) is 0 Å². The number of aromatic nitrogens is 1. The molecule has 2 heterocycles. The van der Waals surface area contributed by atoms with E-state index < -0.39 is 0 Å². The Hall–Kier alpha value is -2.90. The summed E-state index contributed by atoms with van der Waals surface area (Å²) >= 11 is 1.29. The van der Waals surface area contributed by atoms with E-state index in [0.29, 0.717) is 34.1 Å². The standard InChI is InChI=1S/C26H30N4O2S/c1-17(30-13-2-3-14-30)16-32-22-11-9-21(10-12-22)28-26-29-25(27)24(33-26)23(31)20-6-4-5-19(15-20)18-7-8-18/h4-6,9-12,15,17-18H,2-3,7-8,13-14,16,27H2,1H3,(H,28,29). The first-order valence-electron chi connectivity index (χ1n) is 11.7. The molecule has 1 atom stereocenters. The van der Waals surface area contributed by atoms with E-state index in [9.17, 15) is 4.79 Å². The second kappa shape index (κ2) is 9.53. The van der Waals surface area contributed by atoms with E-state index in [1.54, 1.807) is 0 Å². The molecule has 0 radical (unpaired) electrons. The van der Waals surface area contributed by atoms with Crippen molar-refractivity contribution in [2.24, 2.45) is 0 Å². The molecule has 2 aromatic carbocycles. The number of hydrogen-bond acceptors (Lipinski definition) is 7. The van der Waals surface area contributed by atoms with Gasteiger partial charge in [-0.15, -0.1) is 0 Å². The van der Waals surface area contributed by atoms with Crippen molar-refractivity contribution in [1.29, 1.82) is 0 Å². The number of rotatable bonds is 9. The lowest BCUT2D eigenvalue weighted by atomic mass is 10.0. The van der Waals surface area contributed by atoms with Crippen LogP contribution in [0, 0.1) is 0 Å². The van der Waals surface area contributed by atoms with Crippen LogP contribution in [-0.2, 0) is 0 Å². The molecule has 6 nitrogen and oxygen atoms in total. The number of nitrogens with zero attached hydrogens (tertiary/aromatic N) is 2. The topological polar surface area (TPSA) is 80.5 Å². The summed E-state index contributed by atoms with van der Waals surface area (Å²) in [6, 6.07) is 16.1. The molecule has 1 aliphatic heterocycles. The smallest absolute Gasteiger partial charge is 0.206 e. The van der Waals surface area contributed by atoms with Crippen molar-refractivity contribution in [2.45, 2.75) is 44.6 Å². The number of carbonyl (C=O) groups is 1. The highest BCUT2D eigenvalue weighted by Crippen LogP contribution is 2.40. The summed E-state index contributed by atoms with van der Waals surface area (Å²) in [6.45, 7) is 5.24. The highest BCUT2D eigenvalue weighted by molar-refractivity contribution is 7.18. The molecular formula is C26H30N4O2S. The molecule has 1 unspecified atom stereocenters. The molecule has 172 valence electrons. The van der Waals surface area contributed by atoms with Crippen LogP contribution in [0.3, 0.4) is 0 Å². The van der Waals surface area contributed by atoms with Crippen molar-refractivity contribution >= 4 is 33.8 Å². The molecule has 1 saturated heterocycles. The first kappa shape index (κ1) is 21.9. The Morgan fingerprint density at radius 3 is 2.70 bits per heavy atom. The van der Waals surface area contributed by atoms with Crippen LogP contribution in [0.5, 0.6) is 5.75 Å². The fourth-order valence-electron chi connectivity index (χ4n) is 4.29. The fourth-order valence-corrected chi connectivity index (χ4v) is 5.16. The second-order valence-corrected chi connectivity index (χ2v) is 10.0. The Morgan fingerprint density at radius 2 is 1.97 bits per heavy atom. The van der Waals surface area contributed by atoms with Crippen molar-refractivity contribution in [3.63, 3.8) is 0 Å². The molecule has 0 amide bonds. The number of carbonyl (C=O) groups excluding carboxylic acids is 1. The minimum Gasteiger partial charge on any atom is -0.492 e. The zero-order valence-electron chi connectivity index (χ0n) is 18.9. The fraction of sp³-hybridized carbons (Fsp3) is 0.385. The molecule has 0 spiro atoms. The van der Waals surface area contributed by atoms with E-state index >= 15 is 0 Å². The molecule has 5 rings (SSSR count). The lowest BCUT2D eigenvalue weighted by Crippen LogP contribution is -2.34. The molecule has 2 aliphatic rings. The predicted octanol–water partition coefficient (Wildman–Crippen LogP) is 5.44. The first-order chi connectivity index (χ1) is 16.1. The van der Waals surface area contributed by atoms with Crippen molar-refractivity contribution in [3.05, 3.63) is 64.5 Å². The highest BCUT2D eigenvalue weighted by atomic mass is 32.1. The highest BCUT2D eigenvalue weighted by Gasteiger charge is 2.25.